The van der Waals surface area contributed by atoms with Crippen LogP contribution in [-0.2, 0) is 6.54 Å². The summed E-state index contributed by atoms with van der Waals surface area (Å²) >= 11 is 0. The number of unbranched alkanes of at least 4 members (excludes halogenated alkanes) is 1. The number of hydrogen-bond acceptors (Lipinski definition) is 4. The standard InChI is InChI=1S/C14H23N3O3/c1-4-5-8-17-12(19)7-6-11(16-17)13(20)15-9-14(2,3)10-18/h6-7,18H,4-5,8-10H2,1-3H3,(H,15,20). The largest absolute Gasteiger partial charge is 0.396 e. The van der Waals surface area contributed by atoms with Crippen LogP contribution in [0, 0.1) is 5.41 Å². The van der Waals surface area contributed by atoms with Gasteiger partial charge in [-0.1, -0.05) is 27.2 Å². The van der Waals surface area contributed by atoms with E-state index in [-0.39, 0.29) is 29.2 Å². The Balaban J connectivity index is 2.76. The van der Waals surface area contributed by atoms with Gasteiger partial charge in [-0.05, 0) is 12.5 Å². The number of aliphatic hydroxyl groups is 1. The van der Waals surface area contributed by atoms with Crippen LogP contribution in [0.5, 0.6) is 0 Å². The molecule has 1 aromatic rings. The van der Waals surface area contributed by atoms with Crippen LogP contribution < -0.4 is 10.9 Å². The summed E-state index contributed by atoms with van der Waals surface area (Å²) < 4.78 is 1.32. The molecule has 0 aliphatic rings. The number of aliphatic hydroxyl groups excluding tert-OH is 1. The molecule has 0 aliphatic carbocycles. The number of aryl methyl sites for hydroxylation is 1. The Kier molecular flexibility index (Phi) is 5.88. The van der Waals surface area contributed by atoms with Crippen molar-refractivity contribution in [2.45, 2.75) is 40.2 Å². The molecule has 1 rings (SSSR count). The molecule has 2 N–H and O–H groups in total. The molecule has 1 aromatic heterocycles. The van der Waals surface area contributed by atoms with Crippen molar-refractivity contribution in [2.75, 3.05) is 13.2 Å². The number of rotatable bonds is 7. The SMILES string of the molecule is CCCCn1nc(C(=O)NCC(C)(C)CO)ccc1=O. The van der Waals surface area contributed by atoms with Crippen LogP contribution in [0.3, 0.4) is 0 Å². The molecule has 0 unspecified atom stereocenters. The first-order valence-electron chi connectivity index (χ1n) is 6.87. The fraction of sp³-hybridized carbons (Fsp3) is 0.643. The summed E-state index contributed by atoms with van der Waals surface area (Å²) in [6.45, 7) is 6.57. The predicted molar refractivity (Wildman–Crippen MR) is 76.6 cm³/mol. The average Bonchev–Trinajstić information content (AvgIpc) is 2.44. The molecular formula is C14H23N3O3. The molecule has 0 fully saturated rings. The summed E-state index contributed by atoms with van der Waals surface area (Å²) in [6.07, 6.45) is 1.80. The van der Waals surface area contributed by atoms with Gasteiger partial charge in [-0.2, -0.15) is 5.10 Å². The van der Waals surface area contributed by atoms with Crippen LogP contribution >= 0.6 is 0 Å². The highest BCUT2D eigenvalue weighted by atomic mass is 16.3. The lowest BCUT2D eigenvalue weighted by molar-refractivity contribution is 0.0903. The Morgan fingerprint density at radius 3 is 2.75 bits per heavy atom. The maximum absolute atomic E-state index is 12.0. The molecule has 0 aliphatic heterocycles. The molecule has 112 valence electrons. The van der Waals surface area contributed by atoms with E-state index in [2.05, 4.69) is 10.4 Å². The number of carbonyl (C=O) groups is 1. The van der Waals surface area contributed by atoms with E-state index >= 15 is 0 Å². The number of amides is 1. The quantitative estimate of drug-likeness (QED) is 0.774. The molecule has 0 aromatic carbocycles. The summed E-state index contributed by atoms with van der Waals surface area (Å²) in [5, 5.41) is 15.9. The minimum Gasteiger partial charge on any atom is -0.396 e. The van der Waals surface area contributed by atoms with E-state index in [1.807, 2.05) is 20.8 Å². The zero-order chi connectivity index (χ0) is 15.2. The lowest BCUT2D eigenvalue weighted by Gasteiger charge is -2.21. The summed E-state index contributed by atoms with van der Waals surface area (Å²) in [7, 11) is 0. The molecule has 0 radical (unpaired) electrons. The Hall–Kier alpha value is -1.69. The second kappa shape index (κ2) is 7.19. The minimum atomic E-state index is -0.383. The Morgan fingerprint density at radius 2 is 2.15 bits per heavy atom. The smallest absolute Gasteiger partial charge is 0.271 e. The van der Waals surface area contributed by atoms with Gasteiger partial charge in [0, 0.05) is 31.2 Å². The van der Waals surface area contributed by atoms with Crippen LogP contribution in [0.2, 0.25) is 0 Å². The molecule has 0 spiro atoms. The first-order valence-corrected chi connectivity index (χ1v) is 6.87. The Labute approximate surface area is 118 Å². The fourth-order valence-electron chi connectivity index (χ4n) is 1.50. The van der Waals surface area contributed by atoms with Gasteiger partial charge in [-0.3, -0.25) is 9.59 Å². The molecule has 0 bridgehead atoms. The highest BCUT2D eigenvalue weighted by Gasteiger charge is 2.18. The van der Waals surface area contributed by atoms with Crippen LogP contribution in [-0.4, -0.2) is 33.9 Å². The van der Waals surface area contributed by atoms with E-state index in [0.29, 0.717) is 13.1 Å². The first-order chi connectivity index (χ1) is 9.39. The van der Waals surface area contributed by atoms with Crippen molar-refractivity contribution < 1.29 is 9.90 Å². The monoisotopic (exact) mass is 281 g/mol. The number of aromatic nitrogens is 2. The number of nitrogens with zero attached hydrogens (tertiary/aromatic N) is 2. The lowest BCUT2D eigenvalue weighted by atomic mass is 9.95. The van der Waals surface area contributed by atoms with Crippen molar-refractivity contribution in [1.29, 1.82) is 0 Å². The van der Waals surface area contributed by atoms with E-state index in [0.717, 1.165) is 12.8 Å². The van der Waals surface area contributed by atoms with Gasteiger partial charge in [0.05, 0.1) is 0 Å². The van der Waals surface area contributed by atoms with Crippen molar-refractivity contribution in [3.05, 3.63) is 28.2 Å². The summed E-state index contributed by atoms with van der Waals surface area (Å²) in [4.78, 5) is 23.6. The van der Waals surface area contributed by atoms with Gasteiger partial charge in [0.2, 0.25) is 0 Å². The zero-order valence-electron chi connectivity index (χ0n) is 12.3. The van der Waals surface area contributed by atoms with E-state index in [4.69, 9.17) is 5.11 Å². The molecule has 0 atom stereocenters. The van der Waals surface area contributed by atoms with Crippen molar-refractivity contribution in [2.24, 2.45) is 5.41 Å². The Bertz CT molecular complexity index is 509. The van der Waals surface area contributed by atoms with Gasteiger partial charge in [0.25, 0.3) is 11.5 Å². The third-order valence-electron chi connectivity index (χ3n) is 2.98. The molecule has 0 saturated carbocycles. The minimum absolute atomic E-state index is 0.0172. The van der Waals surface area contributed by atoms with E-state index in [1.54, 1.807) is 0 Å². The molecule has 6 nitrogen and oxygen atoms in total. The van der Waals surface area contributed by atoms with Gasteiger partial charge in [0.1, 0.15) is 5.69 Å². The van der Waals surface area contributed by atoms with Crippen LogP contribution in [0.4, 0.5) is 0 Å². The number of nitrogens with one attached hydrogen (secondary N) is 1. The maximum atomic E-state index is 12.0. The molecule has 0 saturated heterocycles. The number of hydrogen-bond donors (Lipinski definition) is 2. The Morgan fingerprint density at radius 1 is 1.45 bits per heavy atom. The van der Waals surface area contributed by atoms with Crippen LogP contribution in [0.15, 0.2) is 16.9 Å². The summed E-state index contributed by atoms with van der Waals surface area (Å²) in [5.74, 6) is -0.336. The normalized spacial score (nSPS) is 11.4. The second-order valence-electron chi connectivity index (χ2n) is 5.64. The highest BCUT2D eigenvalue weighted by molar-refractivity contribution is 5.92. The van der Waals surface area contributed by atoms with Crippen molar-refractivity contribution in [1.82, 2.24) is 15.1 Å². The number of carbonyl (C=O) groups excluding carboxylic acids is 1. The fourth-order valence-corrected chi connectivity index (χ4v) is 1.50. The molecule has 1 heterocycles. The van der Waals surface area contributed by atoms with Gasteiger partial charge in [-0.15, -0.1) is 0 Å². The topological polar surface area (TPSA) is 84.2 Å². The molecule has 1 amide bonds. The third kappa shape index (κ3) is 4.77. The van der Waals surface area contributed by atoms with Crippen molar-refractivity contribution >= 4 is 5.91 Å². The molecular weight excluding hydrogens is 258 g/mol. The second-order valence-corrected chi connectivity index (χ2v) is 5.64. The lowest BCUT2D eigenvalue weighted by Crippen LogP contribution is -2.37. The maximum Gasteiger partial charge on any atom is 0.271 e. The third-order valence-corrected chi connectivity index (χ3v) is 2.98. The van der Waals surface area contributed by atoms with E-state index in [9.17, 15) is 9.59 Å². The molecule has 20 heavy (non-hydrogen) atoms. The predicted octanol–water partition coefficient (Wildman–Crippen LogP) is 0.792. The summed E-state index contributed by atoms with van der Waals surface area (Å²) in [6, 6.07) is 2.78. The highest BCUT2D eigenvalue weighted by Crippen LogP contribution is 2.11. The van der Waals surface area contributed by atoms with Gasteiger partial charge in [0.15, 0.2) is 0 Å². The van der Waals surface area contributed by atoms with E-state index < -0.39 is 0 Å². The average molecular weight is 281 g/mol. The van der Waals surface area contributed by atoms with Crippen molar-refractivity contribution in [3.8, 4) is 0 Å². The van der Waals surface area contributed by atoms with Crippen LogP contribution in [0.1, 0.15) is 44.1 Å². The first kappa shape index (κ1) is 16.4. The summed E-state index contributed by atoms with van der Waals surface area (Å²) in [5.41, 5.74) is -0.369. The van der Waals surface area contributed by atoms with Gasteiger partial charge in [-0.25, -0.2) is 4.68 Å². The zero-order valence-corrected chi connectivity index (χ0v) is 12.3. The van der Waals surface area contributed by atoms with Gasteiger partial charge >= 0.3 is 0 Å². The van der Waals surface area contributed by atoms with Crippen molar-refractivity contribution in [3.63, 3.8) is 0 Å². The molecule has 6 heteroatoms. The van der Waals surface area contributed by atoms with Crippen LogP contribution in [0.25, 0.3) is 0 Å². The van der Waals surface area contributed by atoms with E-state index in [1.165, 1.54) is 16.8 Å². The van der Waals surface area contributed by atoms with Gasteiger partial charge < -0.3 is 10.4 Å².